The van der Waals surface area contributed by atoms with Crippen LogP contribution in [0.3, 0.4) is 0 Å². The van der Waals surface area contributed by atoms with Crippen molar-refractivity contribution in [3.05, 3.63) is 105 Å². The number of nitrogens with one attached hydrogen (secondary N) is 1. The van der Waals surface area contributed by atoms with E-state index in [1.54, 1.807) is 69.3 Å². The molecule has 0 aliphatic carbocycles. The van der Waals surface area contributed by atoms with Crippen molar-refractivity contribution in [2.75, 3.05) is 13.2 Å². The molecule has 1 amide bonds. The number of benzene rings is 3. The third-order valence-corrected chi connectivity index (χ3v) is 6.91. The molecule has 3 aromatic carbocycles. The number of azide groups is 1. The van der Waals surface area contributed by atoms with Gasteiger partial charge in [-0.15, -0.1) is 0 Å². The summed E-state index contributed by atoms with van der Waals surface area (Å²) in [5.74, 6) is -2.28. The van der Waals surface area contributed by atoms with Gasteiger partial charge in [-0.25, -0.2) is 13.8 Å². The normalized spacial score (nSPS) is 17.3. The van der Waals surface area contributed by atoms with Crippen molar-refractivity contribution in [1.82, 2.24) is 5.32 Å². The lowest BCUT2D eigenvalue weighted by Crippen LogP contribution is -2.48. The lowest BCUT2D eigenvalue weighted by molar-refractivity contribution is -0.155. The van der Waals surface area contributed by atoms with E-state index < -0.39 is 40.8 Å². The van der Waals surface area contributed by atoms with Crippen LogP contribution in [0.15, 0.2) is 76.8 Å². The zero-order valence-electron chi connectivity index (χ0n) is 25.7. The number of nitrogens with zero attached hydrogens (tertiary/aromatic N) is 4. The maximum atomic E-state index is 14.3. The number of carbonyl (C=O) groups excluding carboxylic acids is 2. The molecule has 13 heteroatoms. The van der Waals surface area contributed by atoms with Crippen LogP contribution >= 0.6 is 0 Å². The summed E-state index contributed by atoms with van der Waals surface area (Å²) in [6, 6.07) is 16.1. The average molecular weight is 636 g/mol. The van der Waals surface area contributed by atoms with Gasteiger partial charge in [-0.1, -0.05) is 29.4 Å². The molecule has 4 rings (SSSR count). The molecule has 1 aliphatic heterocycles. The van der Waals surface area contributed by atoms with E-state index in [-0.39, 0.29) is 43.1 Å². The number of amides is 1. The van der Waals surface area contributed by atoms with Gasteiger partial charge in [0, 0.05) is 53.8 Å². The summed E-state index contributed by atoms with van der Waals surface area (Å²) in [5.41, 5.74) is 7.83. The molecule has 0 bridgehead atoms. The Bertz CT molecular complexity index is 1620. The van der Waals surface area contributed by atoms with E-state index in [4.69, 9.17) is 24.3 Å². The Labute approximate surface area is 264 Å². The number of hydrogen-bond donors (Lipinski definition) is 2. The Hall–Kier alpha value is -5.00. The number of esters is 1. The quantitative estimate of drug-likeness (QED) is 0.0732. The zero-order valence-corrected chi connectivity index (χ0v) is 25.7. The van der Waals surface area contributed by atoms with Crippen LogP contribution in [-0.2, 0) is 25.6 Å². The fourth-order valence-electron chi connectivity index (χ4n) is 4.93. The Morgan fingerprint density at radius 2 is 1.80 bits per heavy atom. The van der Waals surface area contributed by atoms with Gasteiger partial charge in [-0.3, -0.25) is 9.59 Å². The minimum atomic E-state index is -1.81. The van der Waals surface area contributed by atoms with Crippen LogP contribution in [-0.4, -0.2) is 47.2 Å². The molecule has 242 valence electrons. The number of halogens is 2. The highest BCUT2D eigenvalue weighted by atomic mass is 19.1. The molecule has 0 saturated carbocycles. The van der Waals surface area contributed by atoms with Gasteiger partial charge in [0.15, 0.2) is 11.6 Å². The van der Waals surface area contributed by atoms with Crippen molar-refractivity contribution in [2.24, 2.45) is 10.1 Å². The van der Waals surface area contributed by atoms with Crippen molar-refractivity contribution in [2.45, 2.75) is 63.8 Å². The van der Waals surface area contributed by atoms with Gasteiger partial charge in [0.1, 0.15) is 23.0 Å². The van der Waals surface area contributed by atoms with E-state index in [0.717, 1.165) is 18.2 Å². The van der Waals surface area contributed by atoms with Crippen molar-refractivity contribution in [1.29, 1.82) is 0 Å². The van der Waals surface area contributed by atoms with Crippen LogP contribution in [0.2, 0.25) is 0 Å². The predicted octanol–water partition coefficient (Wildman–Crippen LogP) is 6.36. The average Bonchev–Trinajstić information content (AvgIpc) is 3.39. The molecule has 1 aliphatic rings. The minimum Gasteiger partial charge on any atom is -0.494 e. The summed E-state index contributed by atoms with van der Waals surface area (Å²) in [4.78, 5) is 34.9. The molecule has 2 atom stereocenters. The third-order valence-electron chi connectivity index (χ3n) is 6.91. The smallest absolute Gasteiger partial charge is 0.306 e. The monoisotopic (exact) mass is 635 g/mol. The molecule has 0 spiro atoms. The lowest BCUT2D eigenvalue weighted by atomic mass is 9.82. The van der Waals surface area contributed by atoms with E-state index >= 15 is 0 Å². The molecule has 0 saturated heterocycles. The van der Waals surface area contributed by atoms with Gasteiger partial charge in [-0.05, 0) is 74.7 Å². The van der Waals surface area contributed by atoms with Crippen LogP contribution in [0.5, 0.6) is 5.75 Å². The topological polar surface area (TPSA) is 155 Å². The maximum absolute atomic E-state index is 14.3. The molecule has 0 fully saturated rings. The molecular formula is C33H35F2N5O6. The van der Waals surface area contributed by atoms with Gasteiger partial charge >= 0.3 is 5.97 Å². The molecule has 46 heavy (non-hydrogen) atoms. The first kappa shape index (κ1) is 33.9. The van der Waals surface area contributed by atoms with Gasteiger partial charge in [0.2, 0.25) is 5.90 Å². The van der Waals surface area contributed by atoms with Gasteiger partial charge in [0.25, 0.3) is 5.91 Å². The SMILES string of the molecule is CC(C)(C)OC(=O)CC[C@@]1(C(=O)NCc2cc(F)cc(F)c2)N=C(c2ccc(OCCCO)cc2)O[C@@H]1c1ccccc1N=[N+]=[N-]. The van der Waals surface area contributed by atoms with E-state index in [9.17, 15) is 23.9 Å². The minimum absolute atomic E-state index is 0.0109. The highest BCUT2D eigenvalue weighted by molar-refractivity contribution is 6.01. The Balaban J connectivity index is 1.79. The zero-order chi connectivity index (χ0) is 33.3. The number of carbonyl (C=O) groups is 2. The molecular weight excluding hydrogens is 600 g/mol. The molecule has 1 heterocycles. The summed E-state index contributed by atoms with van der Waals surface area (Å²) in [5, 5.41) is 15.5. The van der Waals surface area contributed by atoms with Crippen LogP contribution in [0.25, 0.3) is 10.4 Å². The van der Waals surface area contributed by atoms with E-state index in [2.05, 4.69) is 15.3 Å². The van der Waals surface area contributed by atoms with Crippen molar-refractivity contribution >= 4 is 23.5 Å². The second-order valence-corrected chi connectivity index (χ2v) is 11.6. The summed E-state index contributed by atoms with van der Waals surface area (Å²) in [6.45, 7) is 5.21. The summed E-state index contributed by atoms with van der Waals surface area (Å²) in [6.07, 6.45) is -1.15. The fraction of sp³-hybridized carbons (Fsp3) is 0.364. The predicted molar refractivity (Wildman–Crippen MR) is 165 cm³/mol. The van der Waals surface area contributed by atoms with Crippen molar-refractivity contribution < 1.29 is 37.7 Å². The summed E-state index contributed by atoms with van der Waals surface area (Å²) >= 11 is 0. The molecule has 0 aromatic heterocycles. The fourth-order valence-corrected chi connectivity index (χ4v) is 4.93. The Morgan fingerprint density at radius 3 is 2.46 bits per heavy atom. The summed E-state index contributed by atoms with van der Waals surface area (Å²) in [7, 11) is 0. The molecule has 11 nitrogen and oxygen atoms in total. The first-order valence-electron chi connectivity index (χ1n) is 14.6. The highest BCUT2D eigenvalue weighted by Gasteiger charge is 2.53. The van der Waals surface area contributed by atoms with E-state index in [1.165, 1.54) is 0 Å². The van der Waals surface area contributed by atoms with Crippen LogP contribution in [0, 0.1) is 11.6 Å². The van der Waals surface area contributed by atoms with Gasteiger partial charge < -0.3 is 24.6 Å². The molecule has 2 N–H and O–H groups in total. The van der Waals surface area contributed by atoms with Crippen LogP contribution in [0.4, 0.5) is 14.5 Å². The van der Waals surface area contributed by atoms with Gasteiger partial charge in [-0.2, -0.15) is 0 Å². The van der Waals surface area contributed by atoms with Gasteiger partial charge in [0.05, 0.1) is 6.61 Å². The molecule has 0 unspecified atom stereocenters. The second kappa shape index (κ2) is 14.9. The number of aliphatic hydroxyl groups excluding tert-OH is 1. The second-order valence-electron chi connectivity index (χ2n) is 11.6. The van der Waals surface area contributed by atoms with Crippen LogP contribution < -0.4 is 10.1 Å². The van der Waals surface area contributed by atoms with Crippen molar-refractivity contribution in [3.63, 3.8) is 0 Å². The first-order chi connectivity index (χ1) is 21.9. The van der Waals surface area contributed by atoms with E-state index in [0.29, 0.717) is 29.9 Å². The Kier molecular flexibility index (Phi) is 10.9. The number of ether oxygens (including phenoxy) is 3. The lowest BCUT2D eigenvalue weighted by Gasteiger charge is -2.31. The third kappa shape index (κ3) is 8.58. The van der Waals surface area contributed by atoms with E-state index in [1.807, 2.05) is 0 Å². The standard InChI is InChI=1S/C33H35F2N5O6/c1-32(2,3)46-28(42)13-14-33(31(43)37-20-21-17-23(34)19-24(35)18-21)29(26-7-4-5-8-27(26)39-40-36)45-30(38-33)22-9-11-25(12-10-22)44-16-6-15-41/h4-5,7-12,17-19,29,41H,6,13-16,20H2,1-3H3,(H,37,43)/t29-,33-/m1/s1. The first-order valence-corrected chi connectivity index (χ1v) is 14.6. The highest BCUT2D eigenvalue weighted by Crippen LogP contribution is 2.46. The molecule has 3 aromatic rings. The number of aliphatic hydroxyl groups is 1. The largest absolute Gasteiger partial charge is 0.494 e. The number of hydrogen-bond acceptors (Lipinski definition) is 8. The number of aliphatic imine (C=N–C) groups is 1. The summed E-state index contributed by atoms with van der Waals surface area (Å²) < 4.78 is 45.3. The number of rotatable bonds is 13. The molecule has 0 radical (unpaired) electrons. The Morgan fingerprint density at radius 1 is 1.11 bits per heavy atom. The van der Waals surface area contributed by atoms with Crippen LogP contribution in [0.1, 0.15) is 62.8 Å². The maximum Gasteiger partial charge on any atom is 0.306 e. The van der Waals surface area contributed by atoms with Crippen molar-refractivity contribution in [3.8, 4) is 5.75 Å².